The Morgan fingerprint density at radius 3 is 2.50 bits per heavy atom. The molecule has 0 aliphatic carbocycles. The van der Waals surface area contributed by atoms with E-state index in [2.05, 4.69) is 22.0 Å². The molecule has 0 aliphatic heterocycles. The number of carbonyl (C=O) groups excluding carboxylic acids is 1. The van der Waals surface area contributed by atoms with Crippen LogP contribution in [0.25, 0.3) is 17.2 Å². The van der Waals surface area contributed by atoms with E-state index in [0.29, 0.717) is 35.9 Å². The number of nitrogens with one attached hydrogen (secondary N) is 1. The van der Waals surface area contributed by atoms with Gasteiger partial charge in [0.05, 0.1) is 6.42 Å². The number of amides is 1. The van der Waals surface area contributed by atoms with Crippen molar-refractivity contribution in [3.05, 3.63) is 100.0 Å². The van der Waals surface area contributed by atoms with Gasteiger partial charge in [-0.2, -0.15) is 9.50 Å². The highest BCUT2D eigenvalue weighted by atomic mass is 16.2. The molecular formula is C25H25N5O2. The normalized spacial score (nSPS) is 10.9. The first-order valence-electron chi connectivity index (χ1n) is 10.5. The number of aryl methyl sites for hydroxylation is 1. The van der Waals surface area contributed by atoms with Crippen molar-refractivity contribution in [2.24, 2.45) is 0 Å². The number of benzene rings is 2. The molecule has 1 N–H and O–H groups in total. The second-order valence-corrected chi connectivity index (χ2v) is 7.72. The SMILES string of the molecule is C=CCn1c(C)c(CC(=O)NCc2ccccc2)c(=O)n2nc(-c3ccc(C)cc3)nc12. The predicted molar refractivity (Wildman–Crippen MR) is 124 cm³/mol. The summed E-state index contributed by atoms with van der Waals surface area (Å²) < 4.78 is 3.14. The van der Waals surface area contributed by atoms with Gasteiger partial charge in [0.15, 0.2) is 5.82 Å². The first kappa shape index (κ1) is 21.2. The second-order valence-electron chi connectivity index (χ2n) is 7.72. The Morgan fingerprint density at radius 2 is 1.81 bits per heavy atom. The van der Waals surface area contributed by atoms with Crippen LogP contribution in [0.2, 0.25) is 0 Å². The Bertz CT molecular complexity index is 1340. The molecule has 0 atom stereocenters. The minimum absolute atomic E-state index is 0.0374. The standard InChI is InChI=1S/C25H25N5O2/c1-4-14-29-18(3)21(15-22(31)26-16-19-8-6-5-7-9-19)24(32)30-25(29)27-23(28-30)20-12-10-17(2)11-13-20/h4-13H,1,14-16H2,2-3H3,(H,26,31). The van der Waals surface area contributed by atoms with E-state index < -0.39 is 0 Å². The number of aromatic nitrogens is 4. The number of nitrogens with zero attached hydrogens (tertiary/aromatic N) is 4. The third-order valence-electron chi connectivity index (χ3n) is 5.41. The van der Waals surface area contributed by atoms with Crippen LogP contribution in [-0.4, -0.2) is 25.1 Å². The molecule has 2 heterocycles. The third-order valence-corrected chi connectivity index (χ3v) is 5.41. The number of rotatable bonds is 7. The highest BCUT2D eigenvalue weighted by Gasteiger charge is 2.20. The van der Waals surface area contributed by atoms with Gasteiger partial charge in [-0.1, -0.05) is 66.2 Å². The lowest BCUT2D eigenvalue weighted by molar-refractivity contribution is -0.120. The van der Waals surface area contributed by atoms with Crippen molar-refractivity contribution in [2.75, 3.05) is 0 Å². The van der Waals surface area contributed by atoms with Crippen LogP contribution in [0, 0.1) is 13.8 Å². The molecule has 7 nitrogen and oxygen atoms in total. The molecule has 0 fully saturated rings. The van der Waals surface area contributed by atoms with Crippen molar-refractivity contribution in [3.63, 3.8) is 0 Å². The smallest absolute Gasteiger partial charge is 0.279 e. The molecule has 1 amide bonds. The number of fused-ring (bicyclic) bond motifs is 1. The fraction of sp³-hybridized carbons (Fsp3) is 0.200. The van der Waals surface area contributed by atoms with E-state index in [-0.39, 0.29) is 17.9 Å². The van der Waals surface area contributed by atoms with Crippen molar-refractivity contribution in [3.8, 4) is 11.4 Å². The minimum atomic E-state index is -0.335. The van der Waals surface area contributed by atoms with Crippen molar-refractivity contribution in [2.45, 2.75) is 33.4 Å². The molecule has 2 aromatic carbocycles. The zero-order valence-electron chi connectivity index (χ0n) is 18.2. The van der Waals surface area contributed by atoms with E-state index in [1.807, 2.05) is 73.0 Å². The van der Waals surface area contributed by atoms with Crippen molar-refractivity contribution >= 4 is 11.7 Å². The molecule has 7 heteroatoms. The Morgan fingerprint density at radius 1 is 1.09 bits per heavy atom. The summed E-state index contributed by atoms with van der Waals surface area (Å²) in [5.41, 5.74) is 3.69. The number of hydrogen-bond donors (Lipinski definition) is 1. The topological polar surface area (TPSA) is 81.3 Å². The lowest BCUT2D eigenvalue weighted by Crippen LogP contribution is -2.32. The van der Waals surface area contributed by atoms with Gasteiger partial charge in [-0.25, -0.2) is 0 Å². The van der Waals surface area contributed by atoms with E-state index in [1.54, 1.807) is 6.08 Å². The molecule has 0 saturated heterocycles. The van der Waals surface area contributed by atoms with Crippen LogP contribution in [0.3, 0.4) is 0 Å². The molecular weight excluding hydrogens is 402 g/mol. The minimum Gasteiger partial charge on any atom is -0.352 e. The van der Waals surface area contributed by atoms with Crippen LogP contribution in [0.5, 0.6) is 0 Å². The van der Waals surface area contributed by atoms with Gasteiger partial charge in [-0.3, -0.25) is 9.59 Å². The van der Waals surface area contributed by atoms with Gasteiger partial charge in [0.2, 0.25) is 11.7 Å². The van der Waals surface area contributed by atoms with Crippen molar-refractivity contribution in [1.82, 2.24) is 24.5 Å². The largest absolute Gasteiger partial charge is 0.352 e. The summed E-state index contributed by atoms with van der Waals surface area (Å²) in [6.45, 7) is 8.50. The predicted octanol–water partition coefficient (Wildman–Crippen LogP) is 3.22. The number of carbonyl (C=O) groups is 1. The first-order chi connectivity index (χ1) is 15.5. The Kier molecular flexibility index (Phi) is 5.98. The van der Waals surface area contributed by atoms with Crippen molar-refractivity contribution < 1.29 is 4.79 Å². The summed E-state index contributed by atoms with van der Waals surface area (Å²) in [6.07, 6.45) is 1.70. The van der Waals surface area contributed by atoms with Crippen LogP contribution in [0.1, 0.15) is 22.4 Å². The first-order valence-corrected chi connectivity index (χ1v) is 10.5. The van der Waals surface area contributed by atoms with Gasteiger partial charge in [0, 0.05) is 29.9 Å². The van der Waals surface area contributed by atoms with Gasteiger partial charge in [-0.05, 0) is 19.4 Å². The number of hydrogen-bond acceptors (Lipinski definition) is 4. The van der Waals surface area contributed by atoms with Crippen LogP contribution in [0.15, 0.2) is 72.0 Å². The molecule has 0 unspecified atom stereocenters. The Labute approximate surface area is 186 Å². The molecule has 2 aromatic heterocycles. The van der Waals surface area contributed by atoms with E-state index in [0.717, 1.165) is 16.7 Å². The molecule has 0 saturated carbocycles. The summed E-state index contributed by atoms with van der Waals surface area (Å²) in [7, 11) is 0. The van der Waals surface area contributed by atoms with Crippen LogP contribution >= 0.6 is 0 Å². The lowest BCUT2D eigenvalue weighted by Gasteiger charge is -2.14. The third kappa shape index (κ3) is 4.23. The second kappa shape index (κ2) is 9.01. The van der Waals surface area contributed by atoms with Crippen LogP contribution < -0.4 is 10.9 Å². The summed E-state index contributed by atoms with van der Waals surface area (Å²) >= 11 is 0. The summed E-state index contributed by atoms with van der Waals surface area (Å²) in [5, 5.41) is 7.35. The molecule has 0 spiro atoms. The Hall–Kier alpha value is -4.00. The quantitative estimate of drug-likeness (QED) is 0.459. The fourth-order valence-corrected chi connectivity index (χ4v) is 3.61. The van der Waals surface area contributed by atoms with Gasteiger partial charge >= 0.3 is 0 Å². The summed E-state index contributed by atoms with van der Waals surface area (Å²) in [6, 6.07) is 17.5. The van der Waals surface area contributed by atoms with Gasteiger partial charge in [0.25, 0.3) is 5.56 Å². The highest BCUT2D eigenvalue weighted by molar-refractivity contribution is 5.78. The number of allylic oxidation sites excluding steroid dienone is 1. The Balaban J connectivity index is 1.70. The van der Waals surface area contributed by atoms with Crippen LogP contribution in [0.4, 0.5) is 0 Å². The van der Waals surface area contributed by atoms with E-state index >= 15 is 0 Å². The van der Waals surface area contributed by atoms with Crippen molar-refractivity contribution in [1.29, 1.82) is 0 Å². The maximum atomic E-state index is 13.3. The van der Waals surface area contributed by atoms with E-state index in [1.165, 1.54) is 4.52 Å². The zero-order valence-corrected chi connectivity index (χ0v) is 18.2. The van der Waals surface area contributed by atoms with E-state index in [9.17, 15) is 9.59 Å². The molecule has 0 aliphatic rings. The highest BCUT2D eigenvalue weighted by Crippen LogP contribution is 2.18. The van der Waals surface area contributed by atoms with Gasteiger partial charge in [-0.15, -0.1) is 11.7 Å². The molecule has 162 valence electrons. The monoisotopic (exact) mass is 427 g/mol. The average molecular weight is 428 g/mol. The van der Waals surface area contributed by atoms with Gasteiger partial charge in [0.1, 0.15) is 0 Å². The summed E-state index contributed by atoms with van der Waals surface area (Å²) in [5.74, 6) is 0.666. The molecule has 0 radical (unpaired) electrons. The molecule has 4 rings (SSSR count). The molecule has 0 bridgehead atoms. The molecule has 32 heavy (non-hydrogen) atoms. The fourth-order valence-electron chi connectivity index (χ4n) is 3.61. The maximum absolute atomic E-state index is 13.3. The summed E-state index contributed by atoms with van der Waals surface area (Å²) in [4.78, 5) is 30.5. The lowest BCUT2D eigenvalue weighted by atomic mass is 10.1. The van der Waals surface area contributed by atoms with Gasteiger partial charge < -0.3 is 9.88 Å². The van der Waals surface area contributed by atoms with E-state index in [4.69, 9.17) is 0 Å². The maximum Gasteiger partial charge on any atom is 0.279 e. The molecule has 4 aromatic rings. The average Bonchev–Trinajstić information content (AvgIpc) is 3.25. The van der Waals surface area contributed by atoms with Crippen LogP contribution in [-0.2, 0) is 24.3 Å². The zero-order chi connectivity index (χ0) is 22.7.